The summed E-state index contributed by atoms with van der Waals surface area (Å²) in [5, 5.41) is 11.0. The van der Waals surface area contributed by atoms with Crippen molar-refractivity contribution in [3.05, 3.63) is 10.5 Å². The van der Waals surface area contributed by atoms with Gasteiger partial charge < -0.3 is 5.32 Å². The Morgan fingerprint density at radius 2 is 2.28 bits per heavy atom. The minimum Gasteiger partial charge on any atom is -0.316 e. The lowest BCUT2D eigenvalue weighted by Crippen LogP contribution is -2.30. The normalized spacial score (nSPS) is 24.3. The molecule has 2 heterocycles. The molecule has 1 atom stereocenters. The summed E-state index contributed by atoms with van der Waals surface area (Å²) < 4.78 is 1.84. The Morgan fingerprint density at radius 1 is 1.39 bits per heavy atom. The summed E-state index contributed by atoms with van der Waals surface area (Å²) >= 11 is 1.72. The van der Waals surface area contributed by atoms with E-state index in [0.29, 0.717) is 6.04 Å². The van der Waals surface area contributed by atoms with Crippen molar-refractivity contribution in [1.82, 2.24) is 20.1 Å². The number of piperidine rings is 1. The van der Waals surface area contributed by atoms with E-state index in [-0.39, 0.29) is 5.69 Å². The highest BCUT2D eigenvalue weighted by Crippen LogP contribution is 2.36. The molecule has 0 amide bonds. The lowest BCUT2D eigenvalue weighted by Gasteiger charge is -2.22. The quantitative estimate of drug-likeness (QED) is 0.792. The molecule has 18 heavy (non-hydrogen) atoms. The first kappa shape index (κ1) is 12.3. The van der Waals surface area contributed by atoms with Crippen LogP contribution in [0.2, 0.25) is 0 Å². The number of aromatic amines is 1. The Morgan fingerprint density at radius 3 is 3.00 bits per heavy atom. The highest BCUT2D eigenvalue weighted by Gasteiger charge is 2.28. The van der Waals surface area contributed by atoms with Gasteiger partial charge in [0.05, 0.1) is 0 Å². The van der Waals surface area contributed by atoms with Gasteiger partial charge in [-0.25, -0.2) is 9.89 Å². The average Bonchev–Trinajstić information content (AvgIpc) is 3.16. The van der Waals surface area contributed by atoms with Crippen molar-refractivity contribution in [3.63, 3.8) is 0 Å². The molecule has 1 aromatic heterocycles. The molecule has 2 fully saturated rings. The van der Waals surface area contributed by atoms with Gasteiger partial charge in [0, 0.05) is 11.8 Å². The molecule has 0 aromatic carbocycles. The molecule has 1 aromatic rings. The van der Waals surface area contributed by atoms with Crippen LogP contribution in [0.5, 0.6) is 0 Å². The van der Waals surface area contributed by atoms with Crippen molar-refractivity contribution in [1.29, 1.82) is 0 Å². The van der Waals surface area contributed by atoms with E-state index in [1.807, 2.05) is 4.57 Å². The first-order valence-electron chi connectivity index (χ1n) is 6.85. The summed E-state index contributed by atoms with van der Waals surface area (Å²) in [7, 11) is 0. The maximum absolute atomic E-state index is 11.6. The largest absolute Gasteiger partial charge is 0.344 e. The third kappa shape index (κ3) is 2.80. The molecule has 1 aliphatic heterocycles. The lowest BCUT2D eigenvalue weighted by atomic mass is 9.97. The standard InChI is InChI=1S/C12H20N4OS/c17-11-14-15-12(16(11)10-3-4-10)18-7-5-9-2-1-6-13-8-9/h9-10,13H,1-8H2,(H,14,17). The lowest BCUT2D eigenvalue weighted by molar-refractivity contribution is 0.371. The molecule has 5 nitrogen and oxygen atoms in total. The highest BCUT2D eigenvalue weighted by molar-refractivity contribution is 7.99. The van der Waals surface area contributed by atoms with Gasteiger partial charge in [0.25, 0.3) is 0 Å². The van der Waals surface area contributed by atoms with Crippen LogP contribution in [0.3, 0.4) is 0 Å². The van der Waals surface area contributed by atoms with Crippen molar-refractivity contribution < 1.29 is 0 Å². The van der Waals surface area contributed by atoms with Crippen molar-refractivity contribution >= 4 is 11.8 Å². The number of hydrogen-bond acceptors (Lipinski definition) is 4. The number of thioether (sulfide) groups is 1. The Labute approximate surface area is 111 Å². The topological polar surface area (TPSA) is 62.7 Å². The van der Waals surface area contributed by atoms with Gasteiger partial charge in [-0.15, -0.1) is 5.10 Å². The highest BCUT2D eigenvalue weighted by atomic mass is 32.2. The zero-order valence-corrected chi connectivity index (χ0v) is 11.3. The predicted octanol–water partition coefficient (Wildman–Crippen LogP) is 1.39. The summed E-state index contributed by atoms with van der Waals surface area (Å²) in [5.41, 5.74) is -0.0423. The smallest absolute Gasteiger partial charge is 0.316 e. The van der Waals surface area contributed by atoms with E-state index < -0.39 is 0 Å². The van der Waals surface area contributed by atoms with Crippen molar-refractivity contribution in [2.45, 2.75) is 43.3 Å². The van der Waals surface area contributed by atoms with E-state index in [2.05, 4.69) is 15.5 Å². The minimum absolute atomic E-state index is 0.0423. The first-order chi connectivity index (χ1) is 8.84. The molecule has 2 N–H and O–H groups in total. The molecule has 6 heteroatoms. The molecule has 1 aliphatic carbocycles. The van der Waals surface area contributed by atoms with E-state index in [0.717, 1.165) is 36.2 Å². The molecule has 1 saturated heterocycles. The zero-order valence-electron chi connectivity index (χ0n) is 10.5. The molecule has 100 valence electrons. The molecular formula is C12H20N4OS. The van der Waals surface area contributed by atoms with Gasteiger partial charge in [0.1, 0.15) is 0 Å². The fraction of sp³-hybridized carbons (Fsp3) is 0.833. The van der Waals surface area contributed by atoms with Gasteiger partial charge in [-0.05, 0) is 51.1 Å². The van der Waals surface area contributed by atoms with Gasteiger partial charge >= 0.3 is 5.69 Å². The molecule has 0 radical (unpaired) electrons. The summed E-state index contributed by atoms with van der Waals surface area (Å²) in [5.74, 6) is 1.86. The molecule has 0 bridgehead atoms. The van der Waals surface area contributed by atoms with Crippen LogP contribution in [-0.4, -0.2) is 33.6 Å². The summed E-state index contributed by atoms with van der Waals surface area (Å²) in [6.07, 6.45) is 6.09. The summed E-state index contributed by atoms with van der Waals surface area (Å²) in [6, 6.07) is 0.412. The number of hydrogen-bond donors (Lipinski definition) is 2. The van der Waals surface area contributed by atoms with Crippen LogP contribution in [0.25, 0.3) is 0 Å². The molecule has 1 unspecified atom stereocenters. The Kier molecular flexibility index (Phi) is 3.75. The number of rotatable bonds is 5. The number of aromatic nitrogens is 3. The molecule has 2 aliphatic rings. The second-order valence-electron chi connectivity index (χ2n) is 5.26. The van der Waals surface area contributed by atoms with Crippen molar-refractivity contribution in [2.24, 2.45) is 5.92 Å². The molecular weight excluding hydrogens is 248 g/mol. The maximum Gasteiger partial charge on any atom is 0.344 e. The summed E-state index contributed by atoms with van der Waals surface area (Å²) in [4.78, 5) is 11.6. The van der Waals surface area contributed by atoms with Crippen LogP contribution in [0.4, 0.5) is 0 Å². The predicted molar refractivity (Wildman–Crippen MR) is 72.1 cm³/mol. The van der Waals surface area contributed by atoms with E-state index in [9.17, 15) is 4.79 Å². The molecule has 0 spiro atoms. The second-order valence-corrected chi connectivity index (χ2v) is 6.32. The SMILES string of the molecule is O=c1[nH]nc(SCCC2CCCNC2)n1C1CC1. The Hall–Kier alpha value is -0.750. The van der Waals surface area contributed by atoms with E-state index in [1.165, 1.54) is 25.8 Å². The van der Waals surface area contributed by atoms with Gasteiger partial charge in [-0.2, -0.15) is 0 Å². The minimum atomic E-state index is -0.0423. The molecule has 1 saturated carbocycles. The van der Waals surface area contributed by atoms with E-state index >= 15 is 0 Å². The van der Waals surface area contributed by atoms with Crippen LogP contribution in [0.1, 0.15) is 38.1 Å². The van der Waals surface area contributed by atoms with Crippen LogP contribution in [0, 0.1) is 5.92 Å². The Bertz CT molecular complexity index is 445. The Balaban J connectivity index is 1.52. The van der Waals surface area contributed by atoms with Crippen molar-refractivity contribution in [3.8, 4) is 0 Å². The fourth-order valence-corrected chi connectivity index (χ4v) is 3.65. The van der Waals surface area contributed by atoms with Gasteiger partial charge in [0.15, 0.2) is 5.16 Å². The van der Waals surface area contributed by atoms with Crippen LogP contribution < -0.4 is 11.0 Å². The monoisotopic (exact) mass is 268 g/mol. The van der Waals surface area contributed by atoms with Crippen LogP contribution >= 0.6 is 11.8 Å². The third-order valence-electron chi connectivity index (χ3n) is 3.74. The van der Waals surface area contributed by atoms with Gasteiger partial charge in [0.2, 0.25) is 0 Å². The number of H-pyrrole nitrogens is 1. The maximum atomic E-state index is 11.6. The number of nitrogens with zero attached hydrogens (tertiary/aromatic N) is 2. The number of nitrogens with one attached hydrogen (secondary N) is 2. The van der Waals surface area contributed by atoms with Gasteiger partial charge in [-0.1, -0.05) is 11.8 Å². The third-order valence-corrected chi connectivity index (χ3v) is 4.73. The zero-order chi connectivity index (χ0) is 12.4. The first-order valence-corrected chi connectivity index (χ1v) is 7.83. The van der Waals surface area contributed by atoms with Gasteiger partial charge in [-0.3, -0.25) is 4.57 Å². The second kappa shape index (κ2) is 5.48. The van der Waals surface area contributed by atoms with Crippen molar-refractivity contribution in [2.75, 3.05) is 18.8 Å². The average molecular weight is 268 g/mol. The van der Waals surface area contributed by atoms with Crippen LogP contribution in [0.15, 0.2) is 9.95 Å². The van der Waals surface area contributed by atoms with E-state index in [4.69, 9.17) is 0 Å². The fourth-order valence-electron chi connectivity index (χ4n) is 2.53. The van der Waals surface area contributed by atoms with Crippen LogP contribution in [-0.2, 0) is 0 Å². The summed E-state index contributed by atoms with van der Waals surface area (Å²) in [6.45, 7) is 2.32. The van der Waals surface area contributed by atoms with E-state index in [1.54, 1.807) is 11.8 Å². The molecule has 3 rings (SSSR count).